The van der Waals surface area contributed by atoms with E-state index in [9.17, 15) is 14.3 Å². The van der Waals surface area contributed by atoms with Gasteiger partial charge in [-0.2, -0.15) is 14.4 Å². The molecule has 1 fully saturated rings. The van der Waals surface area contributed by atoms with Crippen LogP contribution in [0.1, 0.15) is 64.5 Å². The van der Waals surface area contributed by atoms with Crippen LogP contribution in [0.25, 0.3) is 11.2 Å². The molecular formula is C23H28FN5O4. The first kappa shape index (κ1) is 24.4. The van der Waals surface area contributed by atoms with Gasteiger partial charge in [0.05, 0.1) is 6.33 Å². The minimum atomic E-state index is -1.53. The Bertz CT molecular complexity index is 1090. The van der Waals surface area contributed by atoms with Crippen LogP contribution in [-0.2, 0) is 14.3 Å². The third kappa shape index (κ3) is 5.78. The van der Waals surface area contributed by atoms with E-state index < -0.39 is 30.0 Å². The number of rotatable bonds is 10. The topological polar surface area (TPSA) is 125 Å². The molecule has 0 aromatic carbocycles. The Morgan fingerprint density at radius 2 is 2.15 bits per heavy atom. The van der Waals surface area contributed by atoms with Crippen molar-refractivity contribution in [2.45, 2.75) is 76.2 Å². The molecule has 9 nitrogen and oxygen atoms in total. The lowest BCUT2D eigenvalue weighted by molar-refractivity contribution is -0.156. The quantitative estimate of drug-likeness (QED) is 0.241. The van der Waals surface area contributed by atoms with Crippen LogP contribution in [0, 0.1) is 30.3 Å². The standard InChI is InChI=1S/C23H28FN5O4/c1-3-5-6-7-8-9-10-11-12-18(31)32-14-23(4-2)16(30)13-17(33-23)29-15-26-19-20(25)27-22(24)28-21(19)29/h2,15-17,30H,6-14H2,1H3,(H2,25,27,28)/t16-,17+,23+/m0/s1. The first-order chi connectivity index (χ1) is 15.9. The molecule has 0 bridgehead atoms. The molecule has 0 saturated carbocycles. The normalized spacial score (nSPS) is 22.0. The maximum absolute atomic E-state index is 13.6. The molecule has 1 aliphatic heterocycles. The van der Waals surface area contributed by atoms with Crippen LogP contribution in [0.5, 0.6) is 0 Å². The minimum absolute atomic E-state index is 0.0706. The highest BCUT2D eigenvalue weighted by Crippen LogP contribution is 2.38. The number of anilines is 1. The average Bonchev–Trinajstić information content (AvgIpc) is 3.35. The van der Waals surface area contributed by atoms with Crippen LogP contribution in [0.3, 0.4) is 0 Å². The monoisotopic (exact) mass is 457 g/mol. The van der Waals surface area contributed by atoms with Crippen molar-refractivity contribution < 1.29 is 23.8 Å². The third-order valence-corrected chi connectivity index (χ3v) is 5.59. The number of ether oxygens (including phenoxy) is 2. The van der Waals surface area contributed by atoms with E-state index in [0.717, 1.165) is 32.1 Å². The number of nitrogens with two attached hydrogens (primary N) is 1. The number of imidazole rings is 1. The Balaban J connectivity index is 1.52. The fourth-order valence-corrected chi connectivity index (χ4v) is 3.74. The van der Waals surface area contributed by atoms with Gasteiger partial charge in [-0.1, -0.05) is 25.2 Å². The van der Waals surface area contributed by atoms with Crippen molar-refractivity contribution in [2.75, 3.05) is 12.3 Å². The van der Waals surface area contributed by atoms with E-state index in [1.54, 1.807) is 0 Å². The summed E-state index contributed by atoms with van der Waals surface area (Å²) in [5.41, 5.74) is 4.48. The maximum Gasteiger partial charge on any atom is 0.312 e. The lowest BCUT2D eigenvalue weighted by atomic mass is 9.99. The van der Waals surface area contributed by atoms with E-state index in [1.165, 1.54) is 10.9 Å². The van der Waals surface area contributed by atoms with E-state index >= 15 is 0 Å². The zero-order chi connectivity index (χ0) is 23.8. The molecule has 1 aliphatic rings. The van der Waals surface area contributed by atoms with Crippen molar-refractivity contribution in [2.24, 2.45) is 0 Å². The molecular weight excluding hydrogens is 429 g/mol. The molecule has 2 aromatic rings. The van der Waals surface area contributed by atoms with E-state index in [1.807, 2.05) is 6.92 Å². The van der Waals surface area contributed by atoms with Gasteiger partial charge in [0.2, 0.25) is 0 Å². The number of aliphatic hydroxyl groups excluding tert-OH is 1. The Morgan fingerprint density at radius 3 is 2.91 bits per heavy atom. The zero-order valence-corrected chi connectivity index (χ0v) is 18.6. The first-order valence-electron chi connectivity index (χ1n) is 10.9. The lowest BCUT2D eigenvalue weighted by Gasteiger charge is -2.26. The van der Waals surface area contributed by atoms with Gasteiger partial charge in [0.25, 0.3) is 0 Å². The molecule has 1 saturated heterocycles. The molecule has 2 aromatic heterocycles. The molecule has 10 heteroatoms. The van der Waals surface area contributed by atoms with Gasteiger partial charge < -0.3 is 20.3 Å². The number of esters is 1. The van der Waals surface area contributed by atoms with Crippen LogP contribution in [0.15, 0.2) is 6.33 Å². The zero-order valence-electron chi connectivity index (χ0n) is 18.6. The van der Waals surface area contributed by atoms with Crippen molar-refractivity contribution in [3.8, 4) is 24.2 Å². The summed E-state index contributed by atoms with van der Waals surface area (Å²) in [5, 5.41) is 10.6. The Hall–Kier alpha value is -3.21. The van der Waals surface area contributed by atoms with Crippen LogP contribution in [-0.4, -0.2) is 48.9 Å². The van der Waals surface area contributed by atoms with Gasteiger partial charge in [0, 0.05) is 19.3 Å². The molecule has 0 spiro atoms. The Kier molecular flexibility index (Phi) is 8.21. The van der Waals surface area contributed by atoms with Crippen molar-refractivity contribution in [1.82, 2.24) is 19.5 Å². The Labute approximate surface area is 191 Å². The number of carbonyl (C=O) groups is 1. The van der Waals surface area contributed by atoms with Crippen molar-refractivity contribution in [3.63, 3.8) is 0 Å². The van der Waals surface area contributed by atoms with Gasteiger partial charge in [-0.25, -0.2) is 4.98 Å². The molecule has 3 N–H and O–H groups in total. The molecule has 0 aliphatic carbocycles. The summed E-state index contributed by atoms with van der Waals surface area (Å²) >= 11 is 0. The summed E-state index contributed by atoms with van der Waals surface area (Å²) in [7, 11) is 0. The van der Waals surface area contributed by atoms with Gasteiger partial charge in [-0.05, 0) is 19.8 Å². The number of aliphatic hydroxyl groups is 1. The van der Waals surface area contributed by atoms with Gasteiger partial charge in [-0.15, -0.1) is 18.3 Å². The van der Waals surface area contributed by atoms with Crippen molar-refractivity contribution in [1.29, 1.82) is 0 Å². The fraction of sp³-hybridized carbons (Fsp3) is 0.565. The molecule has 3 heterocycles. The van der Waals surface area contributed by atoms with E-state index in [2.05, 4.69) is 32.7 Å². The third-order valence-electron chi connectivity index (χ3n) is 5.59. The highest BCUT2D eigenvalue weighted by atomic mass is 19.1. The van der Waals surface area contributed by atoms with Crippen molar-refractivity contribution in [3.05, 3.63) is 12.4 Å². The number of hydrogen-bond donors (Lipinski definition) is 2. The number of terminal acetylenes is 1. The minimum Gasteiger partial charge on any atom is -0.461 e. The summed E-state index contributed by atoms with van der Waals surface area (Å²) in [5.74, 6) is 7.81. The molecule has 0 unspecified atom stereocenters. The highest BCUT2D eigenvalue weighted by molar-refractivity contribution is 5.81. The van der Waals surface area contributed by atoms with Gasteiger partial charge in [0.1, 0.15) is 18.9 Å². The lowest BCUT2D eigenvalue weighted by Crippen LogP contribution is -2.43. The summed E-state index contributed by atoms with van der Waals surface area (Å²) in [6, 6.07) is 0. The number of aromatic nitrogens is 4. The second-order valence-corrected chi connectivity index (χ2v) is 7.91. The number of carbonyl (C=O) groups excluding carboxylic acids is 1. The SMILES string of the molecule is C#C[C@]1(COC(=O)CCCCCCCC#CC)O[C@@H](n2cnc3c(N)nc(F)nc32)C[C@@H]1O. The molecule has 0 radical (unpaired) electrons. The summed E-state index contributed by atoms with van der Waals surface area (Å²) in [6.07, 6.45) is 10.1. The molecule has 176 valence electrons. The predicted octanol–water partition coefficient (Wildman–Crippen LogP) is 2.50. The Morgan fingerprint density at radius 1 is 1.39 bits per heavy atom. The number of halogens is 1. The summed E-state index contributed by atoms with van der Waals surface area (Å²) in [4.78, 5) is 23.4. The van der Waals surface area contributed by atoms with Gasteiger partial charge in [-0.3, -0.25) is 9.36 Å². The van der Waals surface area contributed by atoms with Gasteiger partial charge >= 0.3 is 12.0 Å². The molecule has 3 atom stereocenters. The van der Waals surface area contributed by atoms with E-state index in [-0.39, 0.29) is 36.4 Å². The fourth-order valence-electron chi connectivity index (χ4n) is 3.74. The van der Waals surface area contributed by atoms with Crippen LogP contribution in [0.4, 0.5) is 10.2 Å². The number of unbranched alkanes of at least 4 members (excludes halogenated alkanes) is 5. The maximum atomic E-state index is 13.6. The highest BCUT2D eigenvalue weighted by Gasteiger charge is 2.49. The smallest absolute Gasteiger partial charge is 0.312 e. The van der Waals surface area contributed by atoms with Crippen LogP contribution >= 0.6 is 0 Å². The number of hydrogen-bond acceptors (Lipinski definition) is 8. The molecule has 0 amide bonds. The number of nitrogens with zero attached hydrogens (tertiary/aromatic N) is 4. The summed E-state index contributed by atoms with van der Waals surface area (Å²) in [6.45, 7) is 1.53. The molecule has 33 heavy (non-hydrogen) atoms. The number of fused-ring (bicyclic) bond motifs is 1. The largest absolute Gasteiger partial charge is 0.461 e. The van der Waals surface area contributed by atoms with E-state index in [0.29, 0.717) is 6.42 Å². The van der Waals surface area contributed by atoms with Crippen LogP contribution < -0.4 is 5.73 Å². The predicted molar refractivity (Wildman–Crippen MR) is 119 cm³/mol. The van der Waals surface area contributed by atoms with Gasteiger partial charge in [0.15, 0.2) is 22.6 Å². The molecule has 3 rings (SSSR count). The summed E-state index contributed by atoms with van der Waals surface area (Å²) < 4.78 is 26.3. The van der Waals surface area contributed by atoms with Crippen molar-refractivity contribution >= 4 is 23.0 Å². The van der Waals surface area contributed by atoms with Crippen LogP contribution in [0.2, 0.25) is 0 Å². The van der Waals surface area contributed by atoms with E-state index in [4.69, 9.17) is 21.6 Å². The average molecular weight is 458 g/mol. The second kappa shape index (κ2) is 11.1. The number of nitrogen functional groups attached to an aromatic ring is 1. The second-order valence-electron chi connectivity index (χ2n) is 7.91. The first-order valence-corrected chi connectivity index (χ1v) is 10.9.